The molecule has 2 rings (SSSR count). The van der Waals surface area contributed by atoms with Gasteiger partial charge < -0.3 is 15.4 Å². The maximum Gasteiger partial charge on any atom is 0.341 e. The molecule has 1 aromatic heterocycles. The molecule has 0 amide bonds. The van der Waals surface area contributed by atoms with Crippen LogP contribution in [0.25, 0.3) is 0 Å². The van der Waals surface area contributed by atoms with Crippen molar-refractivity contribution in [2.24, 2.45) is 0 Å². The van der Waals surface area contributed by atoms with Gasteiger partial charge in [0.1, 0.15) is 5.00 Å². The number of rotatable bonds is 2. The fraction of sp³-hybridized carbons (Fsp3) is 0.600. The highest BCUT2D eigenvalue weighted by atomic mass is 32.1. The molecule has 1 aromatic rings. The van der Waals surface area contributed by atoms with Crippen molar-refractivity contribution in [1.29, 1.82) is 0 Å². The van der Waals surface area contributed by atoms with E-state index in [1.54, 1.807) is 11.3 Å². The van der Waals surface area contributed by atoms with E-state index in [2.05, 4.69) is 10.6 Å². The number of carbonyl (C=O) groups excluding carboxylic acids is 1. The number of methoxy groups -OCH3 is 1. The lowest BCUT2D eigenvalue weighted by Crippen LogP contribution is -2.43. The summed E-state index contributed by atoms with van der Waals surface area (Å²) in [4.78, 5) is 13.4. The fourth-order valence-electron chi connectivity index (χ4n) is 2.45. The molecular formula is C15H22N2O2S2. The smallest absolute Gasteiger partial charge is 0.341 e. The van der Waals surface area contributed by atoms with Gasteiger partial charge in [0.25, 0.3) is 0 Å². The standard InChI is InChI=1S/C15H22N2O2S2/c1-15(2,3)17-14(20)16-12-11(13(18)19-4)9-7-5-6-8-10(9)21-12/h5-8H2,1-4H3,(H2,16,17,20). The number of hydrogen-bond acceptors (Lipinski definition) is 4. The van der Waals surface area contributed by atoms with Gasteiger partial charge in [0.15, 0.2) is 5.11 Å². The van der Waals surface area contributed by atoms with Crippen molar-refractivity contribution in [3.8, 4) is 0 Å². The first kappa shape index (κ1) is 16.2. The number of thiocarbonyl (C=S) groups is 1. The van der Waals surface area contributed by atoms with E-state index in [1.807, 2.05) is 20.8 Å². The Morgan fingerprint density at radius 2 is 1.95 bits per heavy atom. The van der Waals surface area contributed by atoms with Gasteiger partial charge in [0.2, 0.25) is 0 Å². The Balaban J connectivity index is 2.28. The quantitative estimate of drug-likeness (QED) is 0.643. The third kappa shape index (κ3) is 3.95. The van der Waals surface area contributed by atoms with Crippen LogP contribution in [0.5, 0.6) is 0 Å². The van der Waals surface area contributed by atoms with E-state index in [0.717, 1.165) is 29.8 Å². The van der Waals surface area contributed by atoms with Crippen LogP contribution < -0.4 is 10.6 Å². The topological polar surface area (TPSA) is 50.4 Å². The van der Waals surface area contributed by atoms with Crippen LogP contribution in [0.2, 0.25) is 0 Å². The Hall–Kier alpha value is -1.14. The second-order valence-electron chi connectivity index (χ2n) is 6.24. The van der Waals surface area contributed by atoms with E-state index in [1.165, 1.54) is 18.4 Å². The number of hydrogen-bond donors (Lipinski definition) is 2. The summed E-state index contributed by atoms with van der Waals surface area (Å²) in [5, 5.41) is 7.72. The molecule has 6 heteroatoms. The summed E-state index contributed by atoms with van der Waals surface area (Å²) in [5.41, 5.74) is 1.68. The van der Waals surface area contributed by atoms with Crippen molar-refractivity contribution in [3.63, 3.8) is 0 Å². The minimum atomic E-state index is -0.282. The molecule has 0 unspecified atom stereocenters. The first-order chi connectivity index (χ1) is 9.81. The van der Waals surface area contributed by atoms with Gasteiger partial charge in [-0.3, -0.25) is 0 Å². The van der Waals surface area contributed by atoms with Crippen molar-refractivity contribution < 1.29 is 9.53 Å². The van der Waals surface area contributed by atoms with E-state index < -0.39 is 0 Å². The summed E-state index contributed by atoms with van der Waals surface area (Å²) in [5.74, 6) is -0.282. The Bertz CT molecular complexity index is 559. The zero-order valence-corrected chi connectivity index (χ0v) is 14.6. The van der Waals surface area contributed by atoms with Gasteiger partial charge in [0.05, 0.1) is 12.7 Å². The van der Waals surface area contributed by atoms with Crippen LogP contribution in [0.1, 0.15) is 54.4 Å². The molecule has 0 saturated carbocycles. The maximum atomic E-state index is 12.1. The molecule has 0 saturated heterocycles. The van der Waals surface area contributed by atoms with Gasteiger partial charge in [0, 0.05) is 10.4 Å². The molecule has 1 aliphatic rings. The first-order valence-corrected chi connectivity index (χ1v) is 8.36. The molecule has 0 fully saturated rings. The van der Waals surface area contributed by atoms with Crippen LogP contribution >= 0.6 is 23.6 Å². The monoisotopic (exact) mass is 326 g/mol. The van der Waals surface area contributed by atoms with Crippen LogP contribution in [-0.2, 0) is 17.6 Å². The average Bonchev–Trinajstić information content (AvgIpc) is 2.73. The Kier molecular flexibility index (Phi) is 4.88. The zero-order valence-electron chi connectivity index (χ0n) is 13.0. The minimum Gasteiger partial charge on any atom is -0.465 e. The average molecular weight is 326 g/mol. The highest BCUT2D eigenvalue weighted by Gasteiger charge is 2.26. The van der Waals surface area contributed by atoms with Crippen LogP contribution in [-0.4, -0.2) is 23.7 Å². The van der Waals surface area contributed by atoms with E-state index in [-0.39, 0.29) is 11.5 Å². The highest BCUT2D eigenvalue weighted by Crippen LogP contribution is 2.38. The van der Waals surface area contributed by atoms with Crippen LogP contribution in [0.4, 0.5) is 5.00 Å². The number of ether oxygens (including phenoxy) is 1. The number of anilines is 1. The molecular weight excluding hydrogens is 304 g/mol. The van der Waals surface area contributed by atoms with Crippen LogP contribution in [0.3, 0.4) is 0 Å². The zero-order chi connectivity index (χ0) is 15.6. The van der Waals surface area contributed by atoms with Gasteiger partial charge in [-0.25, -0.2) is 4.79 Å². The minimum absolute atomic E-state index is 0.119. The van der Waals surface area contributed by atoms with Crippen molar-refractivity contribution in [2.75, 3.05) is 12.4 Å². The van der Waals surface area contributed by atoms with Crippen molar-refractivity contribution >= 4 is 39.6 Å². The van der Waals surface area contributed by atoms with Crippen molar-refractivity contribution in [3.05, 3.63) is 16.0 Å². The SMILES string of the molecule is COC(=O)c1c(NC(=S)NC(C)(C)C)sc2c1CCCC2. The lowest BCUT2D eigenvalue weighted by molar-refractivity contribution is 0.0601. The second-order valence-corrected chi connectivity index (χ2v) is 7.75. The van der Waals surface area contributed by atoms with Gasteiger partial charge in [-0.1, -0.05) is 0 Å². The molecule has 1 heterocycles. The molecule has 0 radical (unpaired) electrons. The summed E-state index contributed by atoms with van der Waals surface area (Å²) in [6.45, 7) is 6.13. The first-order valence-electron chi connectivity index (χ1n) is 7.14. The molecule has 21 heavy (non-hydrogen) atoms. The van der Waals surface area contributed by atoms with E-state index in [4.69, 9.17) is 17.0 Å². The summed E-state index contributed by atoms with van der Waals surface area (Å²) >= 11 is 6.96. The predicted molar refractivity (Wildman–Crippen MR) is 91.4 cm³/mol. The molecule has 4 nitrogen and oxygen atoms in total. The van der Waals surface area contributed by atoms with Gasteiger partial charge >= 0.3 is 5.97 Å². The predicted octanol–water partition coefficient (Wildman–Crippen LogP) is 3.50. The molecule has 116 valence electrons. The molecule has 0 aliphatic heterocycles. The summed E-state index contributed by atoms with van der Waals surface area (Å²) in [6, 6.07) is 0. The van der Waals surface area contributed by atoms with E-state index in [9.17, 15) is 4.79 Å². The third-order valence-electron chi connectivity index (χ3n) is 3.28. The summed E-state index contributed by atoms with van der Waals surface area (Å²) in [7, 11) is 1.42. The van der Waals surface area contributed by atoms with Crippen LogP contribution in [0.15, 0.2) is 0 Å². The fourth-order valence-corrected chi connectivity index (χ4v) is 4.20. The number of aryl methyl sites for hydroxylation is 1. The summed E-state index contributed by atoms with van der Waals surface area (Å²) in [6.07, 6.45) is 4.28. The lowest BCUT2D eigenvalue weighted by Gasteiger charge is -2.22. The second kappa shape index (κ2) is 6.32. The van der Waals surface area contributed by atoms with Gasteiger partial charge in [-0.05, 0) is 64.2 Å². The lowest BCUT2D eigenvalue weighted by atomic mass is 9.95. The Morgan fingerprint density at radius 1 is 1.29 bits per heavy atom. The highest BCUT2D eigenvalue weighted by molar-refractivity contribution is 7.80. The molecule has 1 aliphatic carbocycles. The van der Waals surface area contributed by atoms with Crippen molar-refractivity contribution in [1.82, 2.24) is 5.32 Å². The number of thiophene rings is 1. The Labute approximate surface area is 135 Å². The molecule has 0 aromatic carbocycles. The molecule has 2 N–H and O–H groups in total. The van der Waals surface area contributed by atoms with Gasteiger partial charge in [-0.2, -0.15) is 0 Å². The maximum absolute atomic E-state index is 12.1. The normalized spacial score (nSPS) is 14.3. The largest absolute Gasteiger partial charge is 0.465 e. The van der Waals surface area contributed by atoms with Crippen molar-refractivity contribution in [2.45, 2.75) is 52.0 Å². The number of esters is 1. The number of fused-ring (bicyclic) bond motifs is 1. The van der Waals surface area contributed by atoms with E-state index in [0.29, 0.717) is 10.7 Å². The van der Waals surface area contributed by atoms with Crippen LogP contribution in [0, 0.1) is 0 Å². The number of nitrogens with one attached hydrogen (secondary N) is 2. The molecule has 0 spiro atoms. The Morgan fingerprint density at radius 3 is 2.57 bits per heavy atom. The van der Waals surface area contributed by atoms with Gasteiger partial charge in [-0.15, -0.1) is 11.3 Å². The summed E-state index contributed by atoms with van der Waals surface area (Å²) < 4.78 is 4.95. The molecule has 0 bridgehead atoms. The molecule has 0 atom stereocenters. The number of carbonyl (C=O) groups is 1. The van der Waals surface area contributed by atoms with E-state index >= 15 is 0 Å². The third-order valence-corrected chi connectivity index (χ3v) is 4.69.